The second kappa shape index (κ2) is 16.6. The van der Waals surface area contributed by atoms with Gasteiger partial charge in [-0.2, -0.15) is 0 Å². The minimum absolute atomic E-state index is 0.443. The minimum Gasteiger partial charge on any atom is -0.508 e. The Hall–Kier alpha value is -1.96. The third-order valence-corrected chi connectivity index (χ3v) is 6.77. The van der Waals surface area contributed by atoms with Crippen LogP contribution in [-0.4, -0.2) is 10.2 Å². The van der Waals surface area contributed by atoms with Crippen LogP contribution in [-0.2, 0) is 6.42 Å². The van der Waals surface area contributed by atoms with Crippen LogP contribution in [0.1, 0.15) is 120 Å². The van der Waals surface area contributed by atoms with E-state index in [-0.39, 0.29) is 0 Å². The topological polar surface area (TPSA) is 40.5 Å². The highest BCUT2D eigenvalue weighted by atomic mass is 16.3. The maximum absolute atomic E-state index is 10.3. The molecule has 1 atom stereocenters. The van der Waals surface area contributed by atoms with Crippen LogP contribution < -0.4 is 0 Å². The lowest BCUT2D eigenvalue weighted by atomic mass is 9.87. The van der Waals surface area contributed by atoms with E-state index in [2.05, 4.69) is 19.1 Å². The molecule has 0 saturated carbocycles. The van der Waals surface area contributed by atoms with Crippen molar-refractivity contribution in [1.82, 2.24) is 0 Å². The van der Waals surface area contributed by atoms with Gasteiger partial charge >= 0.3 is 0 Å². The third-order valence-electron chi connectivity index (χ3n) is 6.77. The Labute approximate surface area is 197 Å². The number of aryl methyl sites for hydroxylation is 1. The van der Waals surface area contributed by atoms with Gasteiger partial charge in [0.1, 0.15) is 11.5 Å². The highest BCUT2D eigenvalue weighted by molar-refractivity contribution is 5.35. The highest BCUT2D eigenvalue weighted by Crippen LogP contribution is 2.34. The normalized spacial score (nSPS) is 12.2. The van der Waals surface area contributed by atoms with Crippen LogP contribution in [0, 0.1) is 0 Å². The molecule has 1 unspecified atom stereocenters. The van der Waals surface area contributed by atoms with Crippen LogP contribution in [0.5, 0.6) is 11.5 Å². The molecule has 32 heavy (non-hydrogen) atoms. The Bertz CT molecular complexity index is 724. The molecule has 0 saturated heterocycles. The van der Waals surface area contributed by atoms with Crippen molar-refractivity contribution in [2.75, 3.05) is 0 Å². The molecular formula is C30H46O2. The van der Waals surface area contributed by atoms with Crippen LogP contribution in [0.2, 0.25) is 0 Å². The molecular weight excluding hydrogens is 392 g/mol. The van der Waals surface area contributed by atoms with Crippen molar-refractivity contribution in [3.8, 4) is 11.5 Å². The lowest BCUT2D eigenvalue weighted by Crippen LogP contribution is -2.00. The number of aromatic hydroxyl groups is 2. The van der Waals surface area contributed by atoms with Gasteiger partial charge in [-0.15, -0.1) is 0 Å². The van der Waals surface area contributed by atoms with Gasteiger partial charge in [0.2, 0.25) is 0 Å². The zero-order valence-electron chi connectivity index (χ0n) is 20.4. The van der Waals surface area contributed by atoms with Crippen molar-refractivity contribution >= 4 is 0 Å². The number of phenols is 2. The van der Waals surface area contributed by atoms with Gasteiger partial charge in [-0.1, -0.05) is 120 Å². The molecule has 0 fully saturated rings. The van der Waals surface area contributed by atoms with E-state index in [0.717, 1.165) is 17.5 Å². The summed E-state index contributed by atoms with van der Waals surface area (Å²) in [6, 6.07) is 15.7. The average Bonchev–Trinajstić information content (AvgIpc) is 2.80. The molecule has 2 aromatic rings. The second-order valence-electron chi connectivity index (χ2n) is 9.45. The molecule has 2 aromatic carbocycles. The van der Waals surface area contributed by atoms with Crippen molar-refractivity contribution in [2.24, 2.45) is 0 Å². The lowest BCUT2D eigenvalue weighted by Gasteiger charge is -2.18. The summed E-state index contributed by atoms with van der Waals surface area (Å²) in [6.45, 7) is 2.26. The Morgan fingerprint density at radius 2 is 1.06 bits per heavy atom. The van der Waals surface area contributed by atoms with Crippen molar-refractivity contribution < 1.29 is 10.2 Å². The number of phenolic OH excluding ortho intramolecular Hbond substituents is 2. The number of benzene rings is 2. The quantitative estimate of drug-likeness (QED) is 0.228. The molecule has 0 radical (unpaired) electrons. The van der Waals surface area contributed by atoms with Crippen molar-refractivity contribution in [3.63, 3.8) is 0 Å². The molecule has 0 amide bonds. The van der Waals surface area contributed by atoms with Gasteiger partial charge in [0.05, 0.1) is 0 Å². The molecule has 0 aliphatic heterocycles. The molecule has 2 heteroatoms. The maximum atomic E-state index is 10.3. The van der Waals surface area contributed by atoms with E-state index >= 15 is 0 Å². The SMILES string of the molecule is CCCCCCC(CCCCCCCCCCCc1ccccc1O)c1ccccc1O. The molecule has 0 bridgehead atoms. The number of unbranched alkanes of at least 4 members (excludes halogenated alkanes) is 11. The van der Waals surface area contributed by atoms with Gasteiger partial charge in [0, 0.05) is 0 Å². The van der Waals surface area contributed by atoms with Gasteiger partial charge in [-0.3, -0.25) is 0 Å². The molecule has 2 rings (SSSR count). The second-order valence-corrected chi connectivity index (χ2v) is 9.45. The zero-order chi connectivity index (χ0) is 22.9. The van der Waals surface area contributed by atoms with Crippen LogP contribution in [0.25, 0.3) is 0 Å². The first-order chi connectivity index (χ1) is 15.7. The average molecular weight is 439 g/mol. The zero-order valence-corrected chi connectivity index (χ0v) is 20.4. The van der Waals surface area contributed by atoms with Gasteiger partial charge in [-0.05, 0) is 54.9 Å². The van der Waals surface area contributed by atoms with E-state index in [9.17, 15) is 10.2 Å². The Balaban J connectivity index is 1.53. The summed E-state index contributed by atoms with van der Waals surface area (Å²) >= 11 is 0. The van der Waals surface area contributed by atoms with Crippen LogP contribution in [0.4, 0.5) is 0 Å². The Morgan fingerprint density at radius 1 is 0.562 bits per heavy atom. The summed E-state index contributed by atoms with van der Waals surface area (Å²) in [5.41, 5.74) is 2.24. The van der Waals surface area contributed by atoms with Crippen LogP contribution in [0.3, 0.4) is 0 Å². The van der Waals surface area contributed by atoms with Gasteiger partial charge in [0.25, 0.3) is 0 Å². The van der Waals surface area contributed by atoms with E-state index in [1.54, 1.807) is 6.07 Å². The standard InChI is InChI=1S/C30H46O2/c1-2-3-4-12-19-26(28-23-16-18-25-30(28)32)20-13-10-8-6-5-7-9-11-14-21-27-22-15-17-24-29(27)31/h15-18,22-26,31-32H,2-14,19-21H2,1H3. The fraction of sp³-hybridized carbons (Fsp3) is 0.600. The van der Waals surface area contributed by atoms with Crippen molar-refractivity contribution in [2.45, 2.75) is 116 Å². The molecule has 0 aromatic heterocycles. The summed E-state index contributed by atoms with van der Waals surface area (Å²) < 4.78 is 0. The Morgan fingerprint density at radius 3 is 1.66 bits per heavy atom. The largest absolute Gasteiger partial charge is 0.508 e. The predicted octanol–water partition coefficient (Wildman–Crippen LogP) is 9.30. The molecule has 0 aliphatic carbocycles. The van der Waals surface area contributed by atoms with Gasteiger partial charge in [0.15, 0.2) is 0 Å². The predicted molar refractivity (Wildman–Crippen MR) is 138 cm³/mol. The molecule has 0 aliphatic rings. The smallest absolute Gasteiger partial charge is 0.119 e. The van der Waals surface area contributed by atoms with Gasteiger partial charge in [-0.25, -0.2) is 0 Å². The summed E-state index contributed by atoms with van der Waals surface area (Å²) in [5.74, 6) is 1.44. The highest BCUT2D eigenvalue weighted by Gasteiger charge is 2.14. The maximum Gasteiger partial charge on any atom is 0.119 e. The van der Waals surface area contributed by atoms with Crippen molar-refractivity contribution in [3.05, 3.63) is 59.7 Å². The fourth-order valence-corrected chi connectivity index (χ4v) is 4.77. The van der Waals surface area contributed by atoms with E-state index in [4.69, 9.17) is 0 Å². The van der Waals surface area contributed by atoms with Crippen molar-refractivity contribution in [1.29, 1.82) is 0 Å². The summed E-state index contributed by atoms with van der Waals surface area (Å²) in [7, 11) is 0. The molecule has 2 nitrogen and oxygen atoms in total. The number of hydrogen-bond acceptors (Lipinski definition) is 2. The minimum atomic E-state index is 0.443. The monoisotopic (exact) mass is 438 g/mol. The van der Waals surface area contributed by atoms with E-state index in [0.29, 0.717) is 17.4 Å². The molecule has 178 valence electrons. The first kappa shape index (κ1) is 26.3. The van der Waals surface area contributed by atoms with Gasteiger partial charge < -0.3 is 10.2 Å². The molecule has 0 spiro atoms. The summed E-state index contributed by atoms with van der Waals surface area (Å²) in [6.07, 6.45) is 20.3. The molecule has 0 heterocycles. The molecule has 2 N–H and O–H groups in total. The van der Waals surface area contributed by atoms with E-state index in [1.807, 2.05) is 30.3 Å². The van der Waals surface area contributed by atoms with Crippen LogP contribution in [0.15, 0.2) is 48.5 Å². The third kappa shape index (κ3) is 10.6. The summed E-state index contributed by atoms with van der Waals surface area (Å²) in [4.78, 5) is 0. The fourth-order valence-electron chi connectivity index (χ4n) is 4.77. The lowest BCUT2D eigenvalue weighted by molar-refractivity contribution is 0.439. The first-order valence-electron chi connectivity index (χ1n) is 13.3. The van der Waals surface area contributed by atoms with E-state index in [1.165, 1.54) is 96.3 Å². The number of rotatable bonds is 18. The Kier molecular flexibility index (Phi) is 13.7. The van der Waals surface area contributed by atoms with E-state index < -0.39 is 0 Å². The number of para-hydroxylation sites is 2. The summed E-state index contributed by atoms with van der Waals surface area (Å²) in [5, 5.41) is 20.1. The van der Waals surface area contributed by atoms with Crippen LogP contribution >= 0.6 is 0 Å². The number of hydrogen-bond donors (Lipinski definition) is 2. The first-order valence-corrected chi connectivity index (χ1v) is 13.3.